The van der Waals surface area contributed by atoms with Crippen molar-refractivity contribution in [1.29, 1.82) is 0 Å². The van der Waals surface area contributed by atoms with Crippen LogP contribution in [0.1, 0.15) is 22.5 Å². The average Bonchev–Trinajstić information content (AvgIpc) is 3.21. The van der Waals surface area contributed by atoms with Gasteiger partial charge < -0.3 is 15.2 Å². The van der Waals surface area contributed by atoms with Crippen LogP contribution in [0, 0.1) is 6.92 Å². The van der Waals surface area contributed by atoms with Crippen molar-refractivity contribution >= 4 is 41.7 Å². The molecule has 160 valence electrons. The molecule has 0 bridgehead atoms. The molecule has 7 heteroatoms. The van der Waals surface area contributed by atoms with Gasteiger partial charge in [0, 0.05) is 37.4 Å². The zero-order valence-electron chi connectivity index (χ0n) is 17.8. The zero-order valence-corrected chi connectivity index (χ0v) is 20.9. The number of nitrogens with one attached hydrogen (secondary N) is 2. The van der Waals surface area contributed by atoms with E-state index < -0.39 is 0 Å². The predicted octanol–water partition coefficient (Wildman–Crippen LogP) is 4.64. The number of hydrogen-bond donors (Lipinski definition) is 2. The van der Waals surface area contributed by atoms with Gasteiger partial charge in [-0.1, -0.05) is 42.5 Å². The number of rotatable bonds is 8. The standard InChI is InChI=1S/C23H29N5S.HI/c1-18-9-10-20(21(15-18)29-3)16-26-23(24-2)27-17-22-25-12-14-28(22)13-11-19-7-5-4-6-8-19;/h4-10,12,14-15H,11,13,16-17H2,1-3H3,(H2,24,26,27);1H. The van der Waals surface area contributed by atoms with E-state index in [1.807, 2.05) is 18.5 Å². The molecule has 0 radical (unpaired) electrons. The molecule has 1 aromatic heterocycles. The molecule has 0 unspecified atom stereocenters. The van der Waals surface area contributed by atoms with E-state index in [0.717, 1.165) is 31.3 Å². The molecule has 0 fully saturated rings. The van der Waals surface area contributed by atoms with Gasteiger partial charge in [-0.2, -0.15) is 0 Å². The Bertz CT molecular complexity index is 940. The Labute approximate surface area is 200 Å². The van der Waals surface area contributed by atoms with Gasteiger partial charge in [0.25, 0.3) is 0 Å². The van der Waals surface area contributed by atoms with Crippen molar-refractivity contribution in [3.8, 4) is 0 Å². The van der Waals surface area contributed by atoms with Gasteiger partial charge >= 0.3 is 0 Å². The Morgan fingerprint density at radius 3 is 2.60 bits per heavy atom. The second kappa shape index (κ2) is 12.6. The highest BCUT2D eigenvalue weighted by atomic mass is 127. The van der Waals surface area contributed by atoms with Crippen molar-refractivity contribution in [3.05, 3.63) is 83.4 Å². The molecule has 0 amide bonds. The van der Waals surface area contributed by atoms with Crippen LogP contribution in [0.4, 0.5) is 0 Å². The number of guanidine groups is 1. The van der Waals surface area contributed by atoms with Crippen molar-refractivity contribution in [2.45, 2.75) is 37.9 Å². The molecule has 0 aliphatic rings. The molecular formula is C23H30IN5S. The summed E-state index contributed by atoms with van der Waals surface area (Å²) in [5.41, 5.74) is 3.89. The summed E-state index contributed by atoms with van der Waals surface area (Å²) in [6.07, 6.45) is 6.99. The molecule has 0 aliphatic carbocycles. The minimum Gasteiger partial charge on any atom is -0.352 e. The van der Waals surface area contributed by atoms with Crippen molar-refractivity contribution in [3.63, 3.8) is 0 Å². The molecule has 1 heterocycles. The number of aryl methyl sites for hydroxylation is 3. The normalized spacial score (nSPS) is 11.1. The van der Waals surface area contributed by atoms with Crippen molar-refractivity contribution in [1.82, 2.24) is 20.2 Å². The first-order valence-corrected chi connectivity index (χ1v) is 11.0. The van der Waals surface area contributed by atoms with E-state index in [4.69, 9.17) is 0 Å². The summed E-state index contributed by atoms with van der Waals surface area (Å²) >= 11 is 1.77. The summed E-state index contributed by atoms with van der Waals surface area (Å²) in [6, 6.07) is 17.1. The highest BCUT2D eigenvalue weighted by Gasteiger charge is 2.07. The molecule has 0 spiro atoms. The van der Waals surface area contributed by atoms with Gasteiger partial charge in [0.2, 0.25) is 0 Å². The topological polar surface area (TPSA) is 54.2 Å². The van der Waals surface area contributed by atoms with Gasteiger partial charge in [0.15, 0.2) is 5.96 Å². The van der Waals surface area contributed by atoms with Crippen LogP contribution in [0.25, 0.3) is 0 Å². The fourth-order valence-corrected chi connectivity index (χ4v) is 3.87. The molecule has 30 heavy (non-hydrogen) atoms. The molecule has 0 atom stereocenters. The van der Waals surface area contributed by atoms with Crippen LogP contribution in [0.3, 0.4) is 0 Å². The summed E-state index contributed by atoms with van der Waals surface area (Å²) in [5, 5.41) is 6.79. The second-order valence-electron chi connectivity index (χ2n) is 6.87. The SMILES string of the molecule is CN=C(NCc1ccc(C)cc1SC)NCc1nccn1CCc1ccccc1.I. The first kappa shape index (κ1) is 24.3. The minimum atomic E-state index is 0. The van der Waals surface area contributed by atoms with E-state index >= 15 is 0 Å². The van der Waals surface area contributed by atoms with E-state index in [1.54, 1.807) is 18.8 Å². The first-order valence-electron chi connectivity index (χ1n) is 9.81. The van der Waals surface area contributed by atoms with E-state index in [-0.39, 0.29) is 24.0 Å². The lowest BCUT2D eigenvalue weighted by Gasteiger charge is -2.14. The van der Waals surface area contributed by atoms with Crippen molar-refractivity contribution < 1.29 is 0 Å². The number of thioether (sulfide) groups is 1. The van der Waals surface area contributed by atoms with Crippen LogP contribution in [-0.2, 0) is 26.1 Å². The lowest BCUT2D eigenvalue weighted by molar-refractivity contribution is 0.634. The van der Waals surface area contributed by atoms with Crippen LogP contribution < -0.4 is 10.6 Å². The fourth-order valence-electron chi connectivity index (χ4n) is 3.17. The largest absolute Gasteiger partial charge is 0.352 e. The molecule has 0 aliphatic heterocycles. The number of aromatic nitrogens is 2. The van der Waals surface area contributed by atoms with E-state index in [2.05, 4.69) is 80.8 Å². The molecule has 0 saturated carbocycles. The van der Waals surface area contributed by atoms with Gasteiger partial charge in [-0.25, -0.2) is 4.98 Å². The molecule has 2 N–H and O–H groups in total. The van der Waals surface area contributed by atoms with Crippen molar-refractivity contribution in [2.75, 3.05) is 13.3 Å². The van der Waals surface area contributed by atoms with Crippen LogP contribution in [0.15, 0.2) is 70.8 Å². The van der Waals surface area contributed by atoms with E-state index in [9.17, 15) is 0 Å². The lowest BCUT2D eigenvalue weighted by atomic mass is 10.1. The zero-order chi connectivity index (χ0) is 20.5. The fraction of sp³-hybridized carbons (Fsp3) is 0.304. The van der Waals surface area contributed by atoms with Gasteiger partial charge in [0.1, 0.15) is 5.82 Å². The maximum absolute atomic E-state index is 4.50. The average molecular weight is 535 g/mol. The Balaban J connectivity index is 0.00000320. The van der Waals surface area contributed by atoms with Crippen LogP contribution in [0.2, 0.25) is 0 Å². The molecule has 2 aromatic carbocycles. The summed E-state index contributed by atoms with van der Waals surface area (Å²) < 4.78 is 2.19. The second-order valence-corrected chi connectivity index (χ2v) is 7.72. The minimum absolute atomic E-state index is 0. The Kier molecular flexibility index (Phi) is 10.2. The van der Waals surface area contributed by atoms with Gasteiger partial charge in [-0.05, 0) is 42.4 Å². The quantitative estimate of drug-likeness (QED) is 0.191. The van der Waals surface area contributed by atoms with Gasteiger partial charge in [0.05, 0.1) is 6.54 Å². The summed E-state index contributed by atoms with van der Waals surface area (Å²) in [5.74, 6) is 1.78. The van der Waals surface area contributed by atoms with E-state index in [0.29, 0.717) is 6.54 Å². The third-order valence-corrected chi connectivity index (χ3v) is 5.63. The number of aliphatic imine (C=N–C) groups is 1. The monoisotopic (exact) mass is 535 g/mol. The Morgan fingerprint density at radius 2 is 1.87 bits per heavy atom. The Morgan fingerprint density at radius 1 is 1.10 bits per heavy atom. The molecule has 5 nitrogen and oxygen atoms in total. The molecular weight excluding hydrogens is 505 g/mol. The van der Waals surface area contributed by atoms with Gasteiger partial charge in [-0.15, -0.1) is 35.7 Å². The smallest absolute Gasteiger partial charge is 0.191 e. The number of benzene rings is 2. The molecule has 3 rings (SSSR count). The number of nitrogens with zero attached hydrogens (tertiary/aromatic N) is 3. The molecule has 3 aromatic rings. The third-order valence-electron chi connectivity index (χ3n) is 4.81. The first-order chi connectivity index (χ1) is 14.2. The summed E-state index contributed by atoms with van der Waals surface area (Å²) in [7, 11) is 1.79. The Hall–Kier alpha value is -2.00. The van der Waals surface area contributed by atoms with Crippen LogP contribution in [-0.4, -0.2) is 28.8 Å². The molecule has 0 saturated heterocycles. The maximum atomic E-state index is 4.50. The summed E-state index contributed by atoms with van der Waals surface area (Å²) in [4.78, 5) is 10.1. The predicted molar refractivity (Wildman–Crippen MR) is 138 cm³/mol. The summed E-state index contributed by atoms with van der Waals surface area (Å²) in [6.45, 7) is 4.40. The number of imidazole rings is 1. The van der Waals surface area contributed by atoms with E-state index in [1.165, 1.54) is 21.6 Å². The van der Waals surface area contributed by atoms with Crippen LogP contribution in [0.5, 0.6) is 0 Å². The highest BCUT2D eigenvalue weighted by Crippen LogP contribution is 2.21. The maximum Gasteiger partial charge on any atom is 0.191 e. The van der Waals surface area contributed by atoms with Crippen LogP contribution >= 0.6 is 35.7 Å². The lowest BCUT2D eigenvalue weighted by Crippen LogP contribution is -2.37. The van der Waals surface area contributed by atoms with Crippen molar-refractivity contribution in [2.24, 2.45) is 4.99 Å². The number of hydrogen-bond acceptors (Lipinski definition) is 3. The highest BCUT2D eigenvalue weighted by molar-refractivity contribution is 14.0. The van der Waals surface area contributed by atoms with Gasteiger partial charge in [-0.3, -0.25) is 4.99 Å². The number of halogens is 1. The third kappa shape index (κ3) is 7.05.